The van der Waals surface area contributed by atoms with E-state index in [4.69, 9.17) is 9.84 Å². The number of hydrogen-bond acceptors (Lipinski definition) is 3. The number of rotatable bonds is 5. The van der Waals surface area contributed by atoms with Crippen molar-refractivity contribution >= 4 is 5.91 Å². The van der Waals surface area contributed by atoms with E-state index in [1.807, 2.05) is 0 Å². The third kappa shape index (κ3) is 3.86. The Morgan fingerprint density at radius 3 is 3.00 bits per heavy atom. The number of benzene rings is 1. The Balaban J connectivity index is 2.47. The third-order valence-corrected chi connectivity index (χ3v) is 1.94. The monoisotopic (exact) mass is 227 g/mol. The molecule has 1 amide bonds. The second-order valence-corrected chi connectivity index (χ2v) is 3.27. The van der Waals surface area contributed by atoms with Gasteiger partial charge in [-0.25, -0.2) is 4.39 Å². The van der Waals surface area contributed by atoms with Crippen LogP contribution in [0.1, 0.15) is 5.56 Å². The molecule has 0 aliphatic heterocycles. The van der Waals surface area contributed by atoms with Gasteiger partial charge in [0.05, 0.1) is 6.61 Å². The molecule has 0 fully saturated rings. The van der Waals surface area contributed by atoms with Crippen LogP contribution in [0.2, 0.25) is 0 Å². The molecule has 0 aliphatic carbocycles. The number of halogens is 1. The summed E-state index contributed by atoms with van der Waals surface area (Å²) in [7, 11) is 0. The lowest BCUT2D eigenvalue weighted by molar-refractivity contribution is -0.123. The molecule has 0 bridgehead atoms. The van der Waals surface area contributed by atoms with Gasteiger partial charge in [-0.2, -0.15) is 0 Å². The number of aliphatic hydroxyl groups is 1. The Hall–Kier alpha value is -1.62. The van der Waals surface area contributed by atoms with Crippen LogP contribution in [0.25, 0.3) is 0 Å². The number of carbonyl (C=O) groups is 1. The minimum atomic E-state index is -0.406. The molecule has 1 rings (SSSR count). The number of aryl methyl sites for hydroxylation is 1. The van der Waals surface area contributed by atoms with Crippen molar-refractivity contribution in [3.05, 3.63) is 29.6 Å². The molecular weight excluding hydrogens is 213 g/mol. The Labute approximate surface area is 93.0 Å². The topological polar surface area (TPSA) is 58.6 Å². The SMILES string of the molecule is Cc1ccc(F)cc1OCC(=O)NCCO. The summed E-state index contributed by atoms with van der Waals surface area (Å²) in [5, 5.41) is 10.9. The van der Waals surface area contributed by atoms with E-state index >= 15 is 0 Å². The molecule has 5 heteroatoms. The molecule has 1 aromatic carbocycles. The van der Waals surface area contributed by atoms with Crippen molar-refractivity contribution in [3.63, 3.8) is 0 Å². The highest BCUT2D eigenvalue weighted by atomic mass is 19.1. The largest absolute Gasteiger partial charge is 0.483 e. The first-order chi connectivity index (χ1) is 7.63. The van der Waals surface area contributed by atoms with Crippen molar-refractivity contribution in [1.29, 1.82) is 0 Å². The molecule has 88 valence electrons. The highest BCUT2D eigenvalue weighted by Gasteiger charge is 2.05. The summed E-state index contributed by atoms with van der Waals surface area (Å²) in [4.78, 5) is 11.1. The van der Waals surface area contributed by atoms with Gasteiger partial charge in [0.25, 0.3) is 5.91 Å². The van der Waals surface area contributed by atoms with Crippen LogP contribution in [0.5, 0.6) is 5.75 Å². The zero-order valence-corrected chi connectivity index (χ0v) is 9.00. The summed E-state index contributed by atoms with van der Waals surface area (Å²) in [5.74, 6) is -0.409. The summed E-state index contributed by atoms with van der Waals surface area (Å²) in [5.41, 5.74) is 0.761. The van der Waals surface area contributed by atoms with E-state index in [9.17, 15) is 9.18 Å². The van der Waals surface area contributed by atoms with E-state index in [0.717, 1.165) is 5.56 Å². The van der Waals surface area contributed by atoms with Crippen molar-refractivity contribution in [3.8, 4) is 5.75 Å². The van der Waals surface area contributed by atoms with Gasteiger partial charge >= 0.3 is 0 Å². The van der Waals surface area contributed by atoms with Crippen LogP contribution in [0.3, 0.4) is 0 Å². The lowest BCUT2D eigenvalue weighted by Gasteiger charge is -2.08. The van der Waals surface area contributed by atoms with Crippen molar-refractivity contribution < 1.29 is 19.0 Å². The first kappa shape index (κ1) is 12.4. The second kappa shape index (κ2) is 6.07. The van der Waals surface area contributed by atoms with Crippen LogP contribution in [-0.4, -0.2) is 30.8 Å². The van der Waals surface area contributed by atoms with Crippen LogP contribution in [0, 0.1) is 12.7 Å². The maximum Gasteiger partial charge on any atom is 0.258 e. The van der Waals surface area contributed by atoms with Crippen molar-refractivity contribution in [2.24, 2.45) is 0 Å². The molecule has 4 nitrogen and oxygen atoms in total. The first-order valence-corrected chi connectivity index (χ1v) is 4.90. The summed E-state index contributed by atoms with van der Waals surface area (Å²) < 4.78 is 18.0. The molecule has 0 saturated heterocycles. The average molecular weight is 227 g/mol. The third-order valence-electron chi connectivity index (χ3n) is 1.94. The summed E-state index contributed by atoms with van der Waals surface area (Å²) >= 11 is 0. The van der Waals surface area contributed by atoms with Gasteiger partial charge in [0, 0.05) is 12.6 Å². The maximum atomic E-state index is 12.9. The van der Waals surface area contributed by atoms with E-state index in [2.05, 4.69) is 5.32 Å². The average Bonchev–Trinajstić information content (AvgIpc) is 2.27. The standard InChI is InChI=1S/C11H14FNO3/c1-8-2-3-9(12)6-10(8)16-7-11(15)13-4-5-14/h2-3,6,14H,4-5,7H2,1H3,(H,13,15). The molecular formula is C11H14FNO3. The Morgan fingerprint density at radius 1 is 1.56 bits per heavy atom. The zero-order chi connectivity index (χ0) is 12.0. The number of amides is 1. The second-order valence-electron chi connectivity index (χ2n) is 3.27. The fourth-order valence-electron chi connectivity index (χ4n) is 1.12. The van der Waals surface area contributed by atoms with Crippen LogP contribution >= 0.6 is 0 Å². The molecule has 0 radical (unpaired) electrons. The summed E-state index contributed by atoms with van der Waals surface area (Å²) in [6.45, 7) is 1.64. The van der Waals surface area contributed by atoms with Gasteiger partial charge in [-0.05, 0) is 18.6 Å². The molecule has 0 atom stereocenters. The molecule has 0 saturated carbocycles. The fraction of sp³-hybridized carbons (Fsp3) is 0.364. The van der Waals surface area contributed by atoms with E-state index in [-0.39, 0.29) is 25.7 Å². The number of ether oxygens (including phenoxy) is 1. The molecule has 16 heavy (non-hydrogen) atoms. The first-order valence-electron chi connectivity index (χ1n) is 4.90. The van der Waals surface area contributed by atoms with Crippen LogP contribution < -0.4 is 10.1 Å². The van der Waals surface area contributed by atoms with Crippen molar-refractivity contribution in [2.45, 2.75) is 6.92 Å². The molecule has 0 spiro atoms. The Morgan fingerprint density at radius 2 is 2.31 bits per heavy atom. The molecule has 0 heterocycles. The van der Waals surface area contributed by atoms with Gasteiger partial charge in [-0.1, -0.05) is 6.07 Å². The van der Waals surface area contributed by atoms with Crippen LogP contribution in [0.15, 0.2) is 18.2 Å². The quantitative estimate of drug-likeness (QED) is 0.775. The Bertz CT molecular complexity index is 368. The van der Waals surface area contributed by atoms with Gasteiger partial charge in [-0.3, -0.25) is 4.79 Å². The van der Waals surface area contributed by atoms with Gasteiger partial charge in [0.2, 0.25) is 0 Å². The lowest BCUT2D eigenvalue weighted by Crippen LogP contribution is -2.31. The summed E-state index contributed by atoms with van der Waals surface area (Å²) in [6.07, 6.45) is 0. The van der Waals surface area contributed by atoms with Gasteiger partial charge in [-0.15, -0.1) is 0 Å². The predicted octanol–water partition coefficient (Wildman–Crippen LogP) is 0.621. The van der Waals surface area contributed by atoms with Crippen LogP contribution in [0.4, 0.5) is 4.39 Å². The van der Waals surface area contributed by atoms with Gasteiger partial charge in [0.15, 0.2) is 6.61 Å². The molecule has 0 aromatic heterocycles. The van der Waals surface area contributed by atoms with E-state index < -0.39 is 5.82 Å². The number of aliphatic hydroxyl groups excluding tert-OH is 1. The van der Waals surface area contributed by atoms with Crippen molar-refractivity contribution in [1.82, 2.24) is 5.32 Å². The van der Waals surface area contributed by atoms with Crippen molar-refractivity contribution in [2.75, 3.05) is 19.8 Å². The summed E-state index contributed by atoms with van der Waals surface area (Å²) in [6, 6.07) is 4.14. The highest BCUT2D eigenvalue weighted by Crippen LogP contribution is 2.18. The molecule has 0 unspecified atom stereocenters. The minimum absolute atomic E-state index is 0.120. The molecule has 1 aromatic rings. The van der Waals surface area contributed by atoms with E-state index in [1.165, 1.54) is 12.1 Å². The number of nitrogens with one attached hydrogen (secondary N) is 1. The van der Waals surface area contributed by atoms with Gasteiger partial charge < -0.3 is 15.2 Å². The Kier molecular flexibility index (Phi) is 4.72. The number of hydrogen-bond donors (Lipinski definition) is 2. The van der Waals surface area contributed by atoms with Gasteiger partial charge in [0.1, 0.15) is 11.6 Å². The highest BCUT2D eigenvalue weighted by molar-refractivity contribution is 5.77. The maximum absolute atomic E-state index is 12.9. The van der Waals surface area contributed by atoms with E-state index in [1.54, 1.807) is 13.0 Å². The molecule has 0 aliphatic rings. The molecule has 2 N–H and O–H groups in total. The number of carbonyl (C=O) groups excluding carboxylic acids is 1. The normalized spacial score (nSPS) is 9.94. The van der Waals surface area contributed by atoms with E-state index in [0.29, 0.717) is 5.75 Å². The fourth-order valence-corrected chi connectivity index (χ4v) is 1.12. The zero-order valence-electron chi connectivity index (χ0n) is 9.00. The predicted molar refractivity (Wildman–Crippen MR) is 56.7 cm³/mol. The smallest absolute Gasteiger partial charge is 0.258 e. The van der Waals surface area contributed by atoms with Crippen LogP contribution in [-0.2, 0) is 4.79 Å². The lowest BCUT2D eigenvalue weighted by atomic mass is 10.2. The minimum Gasteiger partial charge on any atom is -0.483 e.